The number of H-pyrrole nitrogens is 1. The van der Waals surface area contributed by atoms with Gasteiger partial charge in [-0.2, -0.15) is 29.2 Å². The highest BCUT2D eigenvalue weighted by atomic mass is 35.5. The normalized spacial score (nSPS) is 12.8. The molecule has 1 fully saturated rings. The summed E-state index contributed by atoms with van der Waals surface area (Å²) >= 11 is 5.90. The number of aromatic nitrogens is 8. The number of halogens is 6. The Morgan fingerprint density at radius 1 is 0.560 bits per heavy atom. The van der Waals surface area contributed by atoms with Crippen LogP contribution in [-0.2, 0) is 57.8 Å². The summed E-state index contributed by atoms with van der Waals surface area (Å²) in [4.78, 5) is 92.1. The molecule has 0 aliphatic carbocycles. The average Bonchev–Trinajstić information content (AvgIpc) is 1.04. The molecular formula is C81H92ClF5N14O15. The number of carbonyl (C=O) groups excluding carboxylic acids is 7. The Kier molecular flexibility index (Phi) is 34.3. The number of alkyl carbamates (subject to hydrolysis) is 3. The third-order valence-electron chi connectivity index (χ3n) is 15.0. The smallest absolute Gasteiger partial charge is 0.408 e. The zero-order valence-electron chi connectivity index (χ0n) is 65.8. The van der Waals surface area contributed by atoms with Crippen molar-refractivity contribution in [1.29, 1.82) is 0 Å². The Morgan fingerprint density at radius 3 is 1.34 bits per heavy atom. The lowest BCUT2D eigenvalue weighted by Gasteiger charge is -2.27. The number of esters is 2. The Morgan fingerprint density at radius 2 is 0.966 bits per heavy atom. The minimum atomic E-state index is -2.35. The number of hydrogen-bond donors (Lipinski definition) is 8. The van der Waals surface area contributed by atoms with Crippen molar-refractivity contribution in [2.24, 2.45) is 5.73 Å². The molecule has 4 aromatic heterocycles. The number of carboxylic acids is 1. The number of cyclic esters (lactones) is 1. The van der Waals surface area contributed by atoms with Gasteiger partial charge >= 0.3 is 36.2 Å². The number of carboxylic acid groups (broad SMARTS) is 1. The van der Waals surface area contributed by atoms with Gasteiger partial charge in [-0.3, -0.25) is 28.7 Å². The molecule has 6 aromatic carbocycles. The van der Waals surface area contributed by atoms with Gasteiger partial charge < -0.3 is 65.8 Å². The number of hydrogen-bond acceptors (Lipinski definition) is 19. The molecule has 0 bridgehead atoms. The van der Waals surface area contributed by atoms with Crippen LogP contribution in [0.4, 0.5) is 36.3 Å². The fourth-order valence-electron chi connectivity index (χ4n) is 9.65. The van der Waals surface area contributed by atoms with Crippen LogP contribution in [0, 0.1) is 29.1 Å². The first-order valence-electron chi connectivity index (χ1n) is 35.8. The zero-order chi connectivity index (χ0) is 85.6. The van der Waals surface area contributed by atoms with E-state index in [9.17, 15) is 65.4 Å². The third-order valence-corrected chi connectivity index (χ3v) is 15.3. The van der Waals surface area contributed by atoms with Crippen molar-refractivity contribution in [2.75, 3.05) is 20.7 Å². The van der Waals surface area contributed by atoms with Crippen LogP contribution in [0.1, 0.15) is 86.5 Å². The van der Waals surface area contributed by atoms with E-state index in [4.69, 9.17) is 36.3 Å². The molecule has 0 radical (unpaired) electrons. The minimum absolute atomic E-state index is 0.000520. The number of benzene rings is 6. The highest BCUT2D eigenvalue weighted by molar-refractivity contribution is 6.32. The quantitative estimate of drug-likeness (QED) is 0.00877. The minimum Gasteiger partial charge on any atom is -0.489 e. The number of likely N-dealkylation sites (N-methyl/N-ethyl adjacent to an activating group) is 2. The Hall–Kier alpha value is -13.0. The van der Waals surface area contributed by atoms with Gasteiger partial charge in [-0.05, 0) is 123 Å². The summed E-state index contributed by atoms with van der Waals surface area (Å²) in [5, 5.41) is 41.1. The van der Waals surface area contributed by atoms with Crippen molar-refractivity contribution in [2.45, 2.75) is 143 Å². The number of aromatic amines is 1. The number of nitrogens with zero attached hydrogens (tertiary/aromatic N) is 7. The monoisotopic (exact) mass is 1630 g/mol. The highest BCUT2D eigenvalue weighted by Crippen LogP contribution is 2.32. The van der Waals surface area contributed by atoms with Crippen LogP contribution in [0.3, 0.4) is 0 Å². The van der Waals surface area contributed by atoms with Gasteiger partial charge in [0.15, 0.2) is 6.04 Å². The molecule has 116 heavy (non-hydrogen) atoms. The molecule has 29 nitrogen and oxygen atoms in total. The summed E-state index contributed by atoms with van der Waals surface area (Å²) in [7, 11) is 3.09. The SMILES string of the molecule is CC(C)(C)OC(=O)N[C@@H](Cn1cc(-c2ccccc2)cn1)C(=O)O.CC(C)(C)OC(=O)N[C@H]1COC1=O.CC(C)Oc1ccc(C(=O)Oc2c(F)c(F)c(F)c(F)c2F)cc1Cl.CNC(=O)[C@@H](N)Cn1cc(-c2ccccc2)cn1.CNC(=O)[C@H](Cn1cc(-c2ccccc2)cn1)NC(=O)OC(C)(C)C.c1ccc(-c2ccn[nH]2)cc1. The second-order valence-electron chi connectivity index (χ2n) is 28.3. The molecule has 1 saturated heterocycles. The van der Waals surface area contributed by atoms with Gasteiger partial charge in [0.2, 0.25) is 46.6 Å². The molecule has 11 rings (SSSR count). The van der Waals surface area contributed by atoms with Gasteiger partial charge in [0.05, 0.1) is 60.6 Å². The molecule has 4 atom stereocenters. The van der Waals surface area contributed by atoms with Crippen LogP contribution in [0.5, 0.6) is 11.5 Å². The summed E-state index contributed by atoms with van der Waals surface area (Å²) in [5.74, 6) is -16.2. The van der Waals surface area contributed by atoms with Crippen LogP contribution < -0.4 is 41.8 Å². The summed E-state index contributed by atoms with van der Waals surface area (Å²) in [6.45, 7) is 20.0. The topological polar surface area (TPSA) is 380 Å². The number of amides is 5. The first-order chi connectivity index (χ1) is 54.7. The van der Waals surface area contributed by atoms with Crippen molar-refractivity contribution in [3.05, 3.63) is 229 Å². The zero-order valence-corrected chi connectivity index (χ0v) is 66.5. The summed E-state index contributed by atoms with van der Waals surface area (Å²) in [5.41, 5.74) is 11.8. The summed E-state index contributed by atoms with van der Waals surface area (Å²) < 4.78 is 100. The van der Waals surface area contributed by atoms with Crippen molar-refractivity contribution in [3.8, 4) is 56.1 Å². The standard InChI is InChI=1S/C18H24N4O3.C17H21N3O4.C16H10ClF5O3.C13H16N4O.C9H8N2.C8H13NO4/c1-18(2,3)25-17(24)21-15(16(23)19-4)12-22-11-14(10-20-22)13-8-6-5-7-9-13;1-17(2,3)24-16(23)19-14(15(21)22)11-20-10-13(9-18-20)12-7-5-4-6-8-12;1-6(2)24-9-4-3-7(5-8(9)17)16(23)25-15-13(21)11(19)10(18)12(20)14(15)22;1-15-13(18)12(14)9-17-8-11(7-16-17)10-5-3-2-4-6-10;1-2-4-8(5-3-1)9-6-7-10-11-9;1-8(2,3)13-7(11)9-5-4-12-6(5)10/h5-11,15H,12H2,1-4H3,(H,19,23)(H,21,24);4-10,14H,11H2,1-3H3,(H,19,23)(H,21,22);3-6H,1-2H3;2-8,12H,9,14H2,1H3,(H,15,18);1-7H,(H,10,11);5H,4H2,1-3H3,(H,9,11)/t15-;14-;;12-;;5-/m00.0.0/s1. The number of ether oxygens (including phenoxy) is 6. The Labute approximate surface area is 670 Å². The van der Waals surface area contributed by atoms with E-state index in [2.05, 4.69) is 61.6 Å². The number of nitrogens with one attached hydrogen (secondary N) is 6. The Balaban J connectivity index is 0.000000221. The van der Waals surface area contributed by atoms with E-state index in [1.54, 1.807) is 124 Å². The molecule has 0 spiro atoms. The second kappa shape index (κ2) is 43.3. The van der Waals surface area contributed by atoms with E-state index >= 15 is 0 Å². The maximum Gasteiger partial charge on any atom is 0.408 e. The van der Waals surface area contributed by atoms with Crippen LogP contribution >= 0.6 is 11.6 Å². The van der Waals surface area contributed by atoms with E-state index in [1.807, 2.05) is 140 Å². The highest BCUT2D eigenvalue weighted by Gasteiger charge is 2.34. The Bertz CT molecular complexity index is 4840. The van der Waals surface area contributed by atoms with Gasteiger partial charge in [-0.25, -0.2) is 41.9 Å². The molecule has 618 valence electrons. The maximum atomic E-state index is 13.5. The van der Waals surface area contributed by atoms with Crippen LogP contribution in [0.2, 0.25) is 5.02 Å². The number of nitrogens with two attached hydrogens (primary N) is 1. The molecule has 9 N–H and O–H groups in total. The van der Waals surface area contributed by atoms with Gasteiger partial charge in [-0.1, -0.05) is 133 Å². The second-order valence-corrected chi connectivity index (χ2v) is 28.7. The van der Waals surface area contributed by atoms with E-state index in [1.165, 1.54) is 23.4 Å². The van der Waals surface area contributed by atoms with Crippen molar-refractivity contribution in [3.63, 3.8) is 0 Å². The van der Waals surface area contributed by atoms with Gasteiger partial charge in [0.1, 0.15) is 47.3 Å². The van der Waals surface area contributed by atoms with E-state index < -0.39 is 112 Å². The fraction of sp³-hybridized carbons (Fsp3) is 0.309. The largest absolute Gasteiger partial charge is 0.489 e. The van der Waals surface area contributed by atoms with Crippen LogP contribution in [0.25, 0.3) is 44.6 Å². The van der Waals surface area contributed by atoms with Crippen LogP contribution in [-0.4, -0.2) is 160 Å². The van der Waals surface area contributed by atoms with Crippen LogP contribution in [0.15, 0.2) is 189 Å². The molecule has 0 saturated carbocycles. The van der Waals surface area contributed by atoms with Crippen molar-refractivity contribution < 1.29 is 93.8 Å². The number of aliphatic carboxylic acids is 1. The van der Waals surface area contributed by atoms with Gasteiger partial charge in [0, 0.05) is 55.6 Å². The fourth-order valence-corrected chi connectivity index (χ4v) is 9.87. The van der Waals surface area contributed by atoms with Gasteiger partial charge in [-0.15, -0.1) is 0 Å². The predicted molar refractivity (Wildman–Crippen MR) is 420 cm³/mol. The van der Waals surface area contributed by atoms with E-state index in [-0.39, 0.29) is 54.0 Å². The maximum absolute atomic E-state index is 13.5. The molecule has 35 heteroatoms. The molecule has 5 heterocycles. The third kappa shape index (κ3) is 30.5. The lowest BCUT2D eigenvalue weighted by atomic mass is 10.1. The van der Waals surface area contributed by atoms with Crippen molar-refractivity contribution in [1.82, 2.24) is 66.1 Å². The van der Waals surface area contributed by atoms with E-state index in [0.717, 1.165) is 51.2 Å². The lowest BCUT2D eigenvalue weighted by molar-refractivity contribution is -0.162. The summed E-state index contributed by atoms with van der Waals surface area (Å²) in [6, 6.07) is 41.9. The first-order valence-corrected chi connectivity index (χ1v) is 36.1. The molecule has 10 aromatic rings. The lowest BCUT2D eigenvalue weighted by Crippen LogP contribution is -2.53. The molecule has 5 amide bonds. The molecular weight excluding hydrogens is 1540 g/mol. The predicted octanol–water partition coefficient (Wildman–Crippen LogP) is 12.9. The van der Waals surface area contributed by atoms with Gasteiger partial charge in [0.25, 0.3) is 0 Å². The number of rotatable bonds is 20. The molecule has 1 aliphatic heterocycles. The summed E-state index contributed by atoms with van der Waals surface area (Å²) in [6.07, 6.45) is 10.2. The van der Waals surface area contributed by atoms with E-state index in [0.29, 0.717) is 6.54 Å². The molecule has 0 unspecified atom stereocenters. The number of carbonyl (C=O) groups is 8. The molecule has 1 aliphatic rings. The first kappa shape index (κ1) is 91.9. The van der Waals surface area contributed by atoms with Crippen molar-refractivity contribution >= 4 is 59.6 Å². The average molecular weight is 1630 g/mol.